The second kappa shape index (κ2) is 5.18. The van der Waals surface area contributed by atoms with Crippen LogP contribution in [0, 0.1) is 5.92 Å². The van der Waals surface area contributed by atoms with Crippen LogP contribution in [0.3, 0.4) is 0 Å². The lowest BCUT2D eigenvalue weighted by molar-refractivity contribution is 0.223. The minimum atomic E-state index is 0.613. The average Bonchev–Trinajstić information content (AvgIpc) is 2.42. The average molecular weight is 205 g/mol. The highest BCUT2D eigenvalue weighted by Gasteiger charge is 2.29. The van der Waals surface area contributed by atoms with Gasteiger partial charge in [0.2, 0.25) is 0 Å². The third-order valence-electron chi connectivity index (χ3n) is 2.99. The van der Waals surface area contributed by atoms with Crippen molar-refractivity contribution in [3.8, 4) is 0 Å². The summed E-state index contributed by atoms with van der Waals surface area (Å²) in [5.41, 5.74) is 0. The molecule has 0 N–H and O–H groups in total. The van der Waals surface area contributed by atoms with Crippen molar-refractivity contribution in [1.82, 2.24) is 9.80 Å². The molecule has 1 aliphatic heterocycles. The van der Waals surface area contributed by atoms with Crippen LogP contribution in [0.2, 0.25) is 0 Å². The molecule has 0 amide bonds. The summed E-state index contributed by atoms with van der Waals surface area (Å²) in [6.45, 7) is 5.84. The smallest absolute Gasteiger partial charge is 0.0382 e. The maximum atomic E-state index is 5.96. The molecule has 0 spiro atoms. The molecular formula is C10H21ClN2. The molecule has 0 bridgehead atoms. The van der Waals surface area contributed by atoms with Crippen LogP contribution in [-0.4, -0.2) is 55.5 Å². The maximum Gasteiger partial charge on any atom is 0.0382 e. The lowest BCUT2D eigenvalue weighted by atomic mass is 10.1. The Labute approximate surface area is 86.8 Å². The van der Waals surface area contributed by atoms with E-state index in [9.17, 15) is 0 Å². The zero-order valence-electron chi connectivity index (χ0n) is 8.96. The Hall–Kier alpha value is 0.210. The molecule has 2 unspecified atom stereocenters. The Balaban J connectivity index is 2.32. The number of rotatable bonds is 4. The van der Waals surface area contributed by atoms with E-state index in [1.165, 1.54) is 13.0 Å². The molecule has 2 nitrogen and oxygen atoms in total. The Morgan fingerprint density at radius 2 is 2.15 bits per heavy atom. The van der Waals surface area contributed by atoms with Gasteiger partial charge in [-0.1, -0.05) is 6.92 Å². The molecule has 1 saturated heterocycles. The fraction of sp³-hybridized carbons (Fsp3) is 1.00. The lowest BCUT2D eigenvalue weighted by Crippen LogP contribution is -2.38. The van der Waals surface area contributed by atoms with Gasteiger partial charge >= 0.3 is 0 Å². The molecule has 1 aliphatic rings. The van der Waals surface area contributed by atoms with E-state index < -0.39 is 0 Å². The van der Waals surface area contributed by atoms with Crippen molar-refractivity contribution in [2.75, 3.05) is 39.6 Å². The van der Waals surface area contributed by atoms with Gasteiger partial charge in [-0.3, -0.25) is 4.90 Å². The first-order chi connectivity index (χ1) is 6.15. The van der Waals surface area contributed by atoms with Crippen LogP contribution in [0.4, 0.5) is 0 Å². The van der Waals surface area contributed by atoms with Crippen molar-refractivity contribution in [2.24, 2.45) is 5.92 Å². The van der Waals surface area contributed by atoms with Crippen LogP contribution in [0.25, 0.3) is 0 Å². The van der Waals surface area contributed by atoms with Gasteiger partial charge in [-0.15, -0.1) is 11.6 Å². The van der Waals surface area contributed by atoms with E-state index in [1.54, 1.807) is 0 Å². The van der Waals surface area contributed by atoms with E-state index in [4.69, 9.17) is 11.6 Å². The standard InChI is InChI=1S/C10H21ClN2/c1-9-4-5-13(10(9)8-11)7-6-12(2)3/h9-10H,4-8H2,1-3H3. The third-order valence-corrected chi connectivity index (χ3v) is 3.31. The molecule has 0 aliphatic carbocycles. The van der Waals surface area contributed by atoms with Gasteiger partial charge in [0, 0.05) is 25.0 Å². The Morgan fingerprint density at radius 1 is 1.46 bits per heavy atom. The maximum absolute atomic E-state index is 5.96. The van der Waals surface area contributed by atoms with Gasteiger partial charge in [0.25, 0.3) is 0 Å². The molecule has 78 valence electrons. The number of nitrogens with zero attached hydrogens (tertiary/aromatic N) is 2. The summed E-state index contributed by atoms with van der Waals surface area (Å²) in [5.74, 6) is 1.56. The van der Waals surface area contributed by atoms with Crippen molar-refractivity contribution in [2.45, 2.75) is 19.4 Å². The Bertz CT molecular complexity index is 150. The fourth-order valence-electron chi connectivity index (χ4n) is 1.94. The summed E-state index contributed by atoms with van der Waals surface area (Å²) < 4.78 is 0. The van der Waals surface area contributed by atoms with Crippen molar-refractivity contribution in [3.05, 3.63) is 0 Å². The molecule has 1 rings (SSSR count). The van der Waals surface area contributed by atoms with Gasteiger partial charge in [0.05, 0.1) is 0 Å². The second-order valence-electron chi connectivity index (χ2n) is 4.33. The molecule has 0 aromatic heterocycles. The van der Waals surface area contributed by atoms with E-state index in [2.05, 4.69) is 30.8 Å². The van der Waals surface area contributed by atoms with Crippen LogP contribution in [0.1, 0.15) is 13.3 Å². The molecular weight excluding hydrogens is 184 g/mol. The Morgan fingerprint density at radius 3 is 2.69 bits per heavy atom. The van der Waals surface area contributed by atoms with E-state index in [0.29, 0.717) is 6.04 Å². The zero-order valence-corrected chi connectivity index (χ0v) is 9.72. The summed E-state index contributed by atoms with van der Waals surface area (Å²) in [5, 5.41) is 0. The van der Waals surface area contributed by atoms with Crippen molar-refractivity contribution in [3.63, 3.8) is 0 Å². The number of likely N-dealkylation sites (N-methyl/N-ethyl adjacent to an activating group) is 1. The highest BCUT2D eigenvalue weighted by Crippen LogP contribution is 2.24. The molecule has 1 fully saturated rings. The predicted molar refractivity (Wildman–Crippen MR) is 58.4 cm³/mol. The number of alkyl halides is 1. The molecule has 0 aromatic rings. The summed E-state index contributed by atoms with van der Waals surface area (Å²) in [4.78, 5) is 4.76. The normalized spacial score (nSPS) is 30.2. The first-order valence-electron chi connectivity index (χ1n) is 5.10. The minimum absolute atomic E-state index is 0.613. The Kier molecular flexibility index (Phi) is 4.50. The summed E-state index contributed by atoms with van der Waals surface area (Å²) in [7, 11) is 4.24. The second-order valence-corrected chi connectivity index (χ2v) is 4.64. The highest BCUT2D eigenvalue weighted by molar-refractivity contribution is 6.18. The molecule has 3 heteroatoms. The highest BCUT2D eigenvalue weighted by atomic mass is 35.5. The SMILES string of the molecule is CC1CCN(CCN(C)C)C1CCl. The molecule has 2 atom stereocenters. The fourth-order valence-corrected chi connectivity index (χ4v) is 2.44. The summed E-state index contributed by atoms with van der Waals surface area (Å²) in [6, 6.07) is 0.613. The van der Waals surface area contributed by atoms with Crippen LogP contribution >= 0.6 is 11.6 Å². The number of halogens is 1. The summed E-state index contributed by atoms with van der Waals surface area (Å²) in [6.07, 6.45) is 1.31. The number of hydrogen-bond donors (Lipinski definition) is 0. The van der Waals surface area contributed by atoms with Gasteiger partial charge in [0.15, 0.2) is 0 Å². The molecule has 0 aromatic carbocycles. The van der Waals surface area contributed by atoms with E-state index in [0.717, 1.165) is 24.9 Å². The van der Waals surface area contributed by atoms with Gasteiger partial charge in [0.1, 0.15) is 0 Å². The van der Waals surface area contributed by atoms with E-state index >= 15 is 0 Å². The van der Waals surface area contributed by atoms with Gasteiger partial charge in [-0.05, 0) is 33.0 Å². The predicted octanol–water partition coefficient (Wildman–Crippen LogP) is 1.50. The largest absolute Gasteiger partial charge is 0.308 e. The first kappa shape index (κ1) is 11.3. The summed E-state index contributed by atoms with van der Waals surface area (Å²) >= 11 is 5.96. The van der Waals surface area contributed by atoms with Crippen LogP contribution in [0.15, 0.2) is 0 Å². The van der Waals surface area contributed by atoms with E-state index in [-0.39, 0.29) is 0 Å². The monoisotopic (exact) mass is 204 g/mol. The minimum Gasteiger partial charge on any atom is -0.308 e. The van der Waals surface area contributed by atoms with Gasteiger partial charge < -0.3 is 4.90 Å². The topological polar surface area (TPSA) is 6.48 Å². The van der Waals surface area contributed by atoms with E-state index in [1.807, 2.05) is 0 Å². The molecule has 13 heavy (non-hydrogen) atoms. The van der Waals surface area contributed by atoms with Crippen LogP contribution < -0.4 is 0 Å². The third kappa shape index (κ3) is 3.12. The number of likely N-dealkylation sites (tertiary alicyclic amines) is 1. The zero-order chi connectivity index (χ0) is 9.84. The molecule has 0 radical (unpaired) electrons. The van der Waals surface area contributed by atoms with Crippen molar-refractivity contribution < 1.29 is 0 Å². The van der Waals surface area contributed by atoms with Crippen molar-refractivity contribution in [1.29, 1.82) is 0 Å². The van der Waals surface area contributed by atoms with Crippen LogP contribution in [-0.2, 0) is 0 Å². The lowest BCUT2D eigenvalue weighted by Gasteiger charge is -2.26. The number of hydrogen-bond acceptors (Lipinski definition) is 2. The van der Waals surface area contributed by atoms with Crippen molar-refractivity contribution >= 4 is 11.6 Å². The molecule has 0 saturated carbocycles. The van der Waals surface area contributed by atoms with Gasteiger partial charge in [-0.25, -0.2) is 0 Å². The first-order valence-corrected chi connectivity index (χ1v) is 5.63. The quantitative estimate of drug-likeness (QED) is 0.641. The molecule has 1 heterocycles. The van der Waals surface area contributed by atoms with Gasteiger partial charge in [-0.2, -0.15) is 0 Å². The van der Waals surface area contributed by atoms with Crippen LogP contribution in [0.5, 0.6) is 0 Å².